The van der Waals surface area contributed by atoms with Gasteiger partial charge in [0.25, 0.3) is 0 Å². The lowest BCUT2D eigenvalue weighted by Crippen LogP contribution is -2.25. The Morgan fingerprint density at radius 3 is 2.18 bits per heavy atom. The van der Waals surface area contributed by atoms with Crippen LogP contribution in [-0.4, -0.2) is 28.4 Å². The summed E-state index contributed by atoms with van der Waals surface area (Å²) in [5.74, 6) is 0.547. The Morgan fingerprint density at radius 1 is 0.879 bits per heavy atom. The molecule has 3 aromatic carbocycles. The SMILES string of the molecule is COc1ccc(C(=O)C2=CN(c3ccc(C(C)C)cc3)c3ccccc3S2(=O)=O)cc1OC. The van der Waals surface area contributed by atoms with Gasteiger partial charge in [0.05, 0.1) is 24.8 Å². The zero-order chi connectivity index (χ0) is 23.8. The first kappa shape index (κ1) is 22.6. The molecule has 0 amide bonds. The quantitative estimate of drug-likeness (QED) is 0.451. The van der Waals surface area contributed by atoms with Crippen molar-refractivity contribution in [1.82, 2.24) is 0 Å². The number of Topliss-reactive ketones (excluding diaryl/α,β-unsaturated/α-hetero) is 1. The molecule has 0 N–H and O–H groups in total. The van der Waals surface area contributed by atoms with Gasteiger partial charge in [-0.2, -0.15) is 0 Å². The van der Waals surface area contributed by atoms with E-state index in [0.29, 0.717) is 23.1 Å². The fraction of sp³-hybridized carbons (Fsp3) is 0.192. The number of ketones is 1. The molecule has 1 aliphatic rings. The van der Waals surface area contributed by atoms with E-state index in [2.05, 4.69) is 13.8 Å². The number of carbonyl (C=O) groups excluding carboxylic acids is 1. The van der Waals surface area contributed by atoms with Crippen LogP contribution in [0.4, 0.5) is 11.4 Å². The third-order valence-corrected chi connectivity index (χ3v) is 7.45. The van der Waals surface area contributed by atoms with Crippen molar-refractivity contribution in [3.05, 3.63) is 89.0 Å². The monoisotopic (exact) mass is 463 g/mol. The molecule has 1 heterocycles. The lowest BCUT2D eigenvalue weighted by molar-refractivity contribution is 0.104. The standard InChI is InChI=1S/C26H25NO5S/c1-17(2)18-9-12-20(13-10-18)27-16-25(33(29,30)24-8-6-5-7-21(24)27)26(28)19-11-14-22(31-3)23(15-19)32-4/h5-17H,1-4H3. The number of methoxy groups -OCH3 is 2. The highest BCUT2D eigenvalue weighted by atomic mass is 32.2. The van der Waals surface area contributed by atoms with Crippen LogP contribution in [0.2, 0.25) is 0 Å². The van der Waals surface area contributed by atoms with Crippen LogP contribution in [-0.2, 0) is 9.84 Å². The topological polar surface area (TPSA) is 72.9 Å². The average Bonchev–Trinajstić information content (AvgIpc) is 2.83. The van der Waals surface area contributed by atoms with E-state index in [1.165, 1.54) is 44.2 Å². The number of hydrogen-bond donors (Lipinski definition) is 0. The molecule has 33 heavy (non-hydrogen) atoms. The summed E-state index contributed by atoms with van der Waals surface area (Å²) in [5.41, 5.74) is 2.62. The fourth-order valence-corrected chi connectivity index (χ4v) is 5.33. The van der Waals surface area contributed by atoms with Crippen molar-refractivity contribution in [2.75, 3.05) is 19.1 Å². The Kier molecular flexibility index (Phi) is 5.99. The predicted octanol–water partition coefficient (Wildman–Crippen LogP) is 5.48. The number of benzene rings is 3. The maximum absolute atomic E-state index is 13.4. The van der Waals surface area contributed by atoms with Gasteiger partial charge in [0.1, 0.15) is 4.91 Å². The van der Waals surface area contributed by atoms with Gasteiger partial charge in [-0.15, -0.1) is 0 Å². The number of anilines is 2. The lowest BCUT2D eigenvalue weighted by Gasteiger charge is -2.29. The molecular formula is C26H25NO5S. The molecule has 0 bridgehead atoms. The molecule has 7 heteroatoms. The summed E-state index contributed by atoms with van der Waals surface area (Å²) in [6.45, 7) is 4.22. The maximum atomic E-state index is 13.4. The molecule has 1 aliphatic heterocycles. The molecule has 0 saturated carbocycles. The second-order valence-electron chi connectivity index (χ2n) is 7.98. The molecule has 0 aliphatic carbocycles. The molecule has 3 aromatic rings. The summed E-state index contributed by atoms with van der Waals surface area (Å²) in [5, 5.41) is 0. The van der Waals surface area contributed by atoms with Gasteiger partial charge in [0.2, 0.25) is 15.6 Å². The van der Waals surface area contributed by atoms with Gasteiger partial charge in [0, 0.05) is 17.5 Å². The number of ether oxygens (including phenoxy) is 2. The Hall–Kier alpha value is -3.58. The number of fused-ring (bicyclic) bond motifs is 1. The maximum Gasteiger partial charge on any atom is 0.214 e. The number of hydrogen-bond acceptors (Lipinski definition) is 6. The van der Waals surface area contributed by atoms with E-state index in [1.54, 1.807) is 29.2 Å². The first-order valence-electron chi connectivity index (χ1n) is 10.5. The van der Waals surface area contributed by atoms with Gasteiger partial charge >= 0.3 is 0 Å². The van der Waals surface area contributed by atoms with Crippen LogP contribution in [0.15, 0.2) is 82.7 Å². The van der Waals surface area contributed by atoms with Gasteiger partial charge in [-0.1, -0.05) is 38.1 Å². The van der Waals surface area contributed by atoms with Crippen molar-refractivity contribution in [2.24, 2.45) is 0 Å². The second kappa shape index (κ2) is 8.75. The highest BCUT2D eigenvalue weighted by Gasteiger charge is 2.36. The molecule has 0 aromatic heterocycles. The molecule has 0 fully saturated rings. The van der Waals surface area contributed by atoms with Gasteiger partial charge in [0.15, 0.2) is 11.5 Å². The first-order valence-corrected chi connectivity index (χ1v) is 12.0. The van der Waals surface area contributed by atoms with Crippen LogP contribution in [0.1, 0.15) is 35.7 Å². The minimum Gasteiger partial charge on any atom is -0.493 e. The predicted molar refractivity (Wildman–Crippen MR) is 128 cm³/mol. The minimum atomic E-state index is -4.03. The summed E-state index contributed by atoms with van der Waals surface area (Å²) < 4.78 is 37.4. The molecule has 0 spiro atoms. The van der Waals surface area contributed by atoms with Crippen LogP contribution in [0.5, 0.6) is 11.5 Å². The molecule has 0 radical (unpaired) electrons. The van der Waals surface area contributed by atoms with Crippen LogP contribution < -0.4 is 14.4 Å². The van der Waals surface area contributed by atoms with Crippen molar-refractivity contribution in [3.8, 4) is 11.5 Å². The lowest BCUT2D eigenvalue weighted by atomic mass is 10.0. The van der Waals surface area contributed by atoms with Gasteiger partial charge in [-0.3, -0.25) is 4.79 Å². The Labute approximate surface area is 194 Å². The van der Waals surface area contributed by atoms with Crippen LogP contribution in [0.3, 0.4) is 0 Å². The van der Waals surface area contributed by atoms with Crippen LogP contribution in [0, 0.1) is 0 Å². The zero-order valence-corrected chi connectivity index (χ0v) is 19.7. The Morgan fingerprint density at radius 2 is 1.55 bits per heavy atom. The van der Waals surface area contributed by atoms with E-state index in [0.717, 1.165) is 5.69 Å². The zero-order valence-electron chi connectivity index (χ0n) is 18.9. The minimum absolute atomic E-state index is 0.0873. The number of sulfone groups is 1. The highest BCUT2D eigenvalue weighted by Crippen LogP contribution is 2.41. The molecule has 170 valence electrons. The van der Waals surface area contributed by atoms with E-state index in [1.807, 2.05) is 24.3 Å². The highest BCUT2D eigenvalue weighted by molar-refractivity contribution is 7.96. The van der Waals surface area contributed by atoms with Gasteiger partial charge < -0.3 is 14.4 Å². The molecule has 0 saturated heterocycles. The summed E-state index contributed by atoms with van der Waals surface area (Å²) >= 11 is 0. The Balaban J connectivity index is 1.86. The van der Waals surface area contributed by atoms with Crippen LogP contribution >= 0.6 is 0 Å². The number of rotatable bonds is 6. The van der Waals surface area contributed by atoms with E-state index >= 15 is 0 Å². The van der Waals surface area contributed by atoms with E-state index in [4.69, 9.17) is 9.47 Å². The Bertz CT molecular complexity index is 1340. The second-order valence-corrected chi connectivity index (χ2v) is 9.87. The normalized spacial score (nSPS) is 14.5. The average molecular weight is 464 g/mol. The molecule has 0 unspecified atom stereocenters. The van der Waals surface area contributed by atoms with Crippen molar-refractivity contribution >= 4 is 27.0 Å². The first-order chi connectivity index (χ1) is 15.8. The molecule has 6 nitrogen and oxygen atoms in total. The summed E-state index contributed by atoms with van der Waals surface area (Å²) in [6, 6.07) is 19.2. The van der Waals surface area contributed by atoms with Crippen molar-refractivity contribution in [3.63, 3.8) is 0 Å². The van der Waals surface area contributed by atoms with Gasteiger partial charge in [-0.05, 0) is 53.9 Å². The third-order valence-electron chi connectivity index (χ3n) is 5.66. The van der Waals surface area contributed by atoms with Crippen molar-refractivity contribution < 1.29 is 22.7 Å². The molecule has 4 rings (SSSR count). The number of nitrogens with zero attached hydrogens (tertiary/aromatic N) is 1. The van der Waals surface area contributed by atoms with Crippen LogP contribution in [0.25, 0.3) is 0 Å². The summed E-state index contributed by atoms with van der Waals surface area (Å²) in [7, 11) is -1.08. The van der Waals surface area contributed by atoms with Crippen molar-refractivity contribution in [2.45, 2.75) is 24.7 Å². The molecule has 0 atom stereocenters. The summed E-state index contributed by atoms with van der Waals surface area (Å²) in [6.07, 6.45) is 1.40. The number of carbonyl (C=O) groups is 1. The van der Waals surface area contributed by atoms with E-state index in [-0.39, 0.29) is 15.4 Å². The smallest absolute Gasteiger partial charge is 0.214 e. The molecular weight excluding hydrogens is 438 g/mol. The van der Waals surface area contributed by atoms with Gasteiger partial charge in [-0.25, -0.2) is 8.42 Å². The number of allylic oxidation sites excluding steroid dienone is 1. The van der Waals surface area contributed by atoms with E-state index < -0.39 is 15.6 Å². The summed E-state index contributed by atoms with van der Waals surface area (Å²) in [4.78, 5) is 15.0. The van der Waals surface area contributed by atoms with Crippen molar-refractivity contribution in [1.29, 1.82) is 0 Å². The third kappa shape index (κ3) is 4.00. The van der Waals surface area contributed by atoms with E-state index in [9.17, 15) is 13.2 Å². The fourth-order valence-electron chi connectivity index (χ4n) is 3.79. The number of para-hydroxylation sites is 1. The largest absolute Gasteiger partial charge is 0.493 e.